The molecule has 0 bridgehead atoms. The molecule has 1 unspecified atom stereocenters. The summed E-state index contributed by atoms with van der Waals surface area (Å²) in [5.74, 6) is 0.687. The van der Waals surface area contributed by atoms with Gasteiger partial charge in [0.05, 0.1) is 0 Å². The van der Waals surface area contributed by atoms with Gasteiger partial charge >= 0.3 is 0 Å². The maximum atomic E-state index is 9.55. The van der Waals surface area contributed by atoms with Crippen molar-refractivity contribution in [2.24, 2.45) is 11.3 Å². The molecular weight excluding hydrogens is 198 g/mol. The van der Waals surface area contributed by atoms with Gasteiger partial charge in [0.1, 0.15) is 0 Å². The minimum Gasteiger partial charge on any atom is -0.396 e. The Hall–Kier alpha value is -0.0800. The summed E-state index contributed by atoms with van der Waals surface area (Å²) in [5.41, 5.74) is 0.0634. The largest absolute Gasteiger partial charge is 0.396 e. The standard InChI is InChI=1S/C14H31NO/c1-7-8-14(6,11-16)10-15(13(4)5)9-12(2)3/h12-13,16H,7-11H2,1-6H3. The summed E-state index contributed by atoms with van der Waals surface area (Å²) in [6.45, 7) is 15.8. The van der Waals surface area contributed by atoms with Crippen molar-refractivity contribution >= 4 is 0 Å². The van der Waals surface area contributed by atoms with Crippen LogP contribution in [0.2, 0.25) is 0 Å². The van der Waals surface area contributed by atoms with Crippen molar-refractivity contribution in [1.29, 1.82) is 0 Å². The maximum absolute atomic E-state index is 9.55. The average Bonchev–Trinajstić information content (AvgIpc) is 2.16. The van der Waals surface area contributed by atoms with E-state index in [-0.39, 0.29) is 5.41 Å². The van der Waals surface area contributed by atoms with Crippen LogP contribution in [0.5, 0.6) is 0 Å². The van der Waals surface area contributed by atoms with E-state index in [1.807, 2.05) is 0 Å². The molecule has 0 aromatic rings. The molecule has 98 valence electrons. The minimum absolute atomic E-state index is 0.0634. The van der Waals surface area contributed by atoms with Crippen LogP contribution in [0.4, 0.5) is 0 Å². The number of rotatable bonds is 8. The lowest BCUT2D eigenvalue weighted by molar-refractivity contribution is 0.0600. The van der Waals surface area contributed by atoms with E-state index in [1.54, 1.807) is 0 Å². The molecule has 0 aliphatic carbocycles. The molecule has 1 N–H and O–H groups in total. The van der Waals surface area contributed by atoms with Gasteiger partial charge in [0.15, 0.2) is 0 Å². The maximum Gasteiger partial charge on any atom is 0.0497 e. The highest BCUT2D eigenvalue weighted by molar-refractivity contribution is 4.79. The molecule has 0 spiro atoms. The van der Waals surface area contributed by atoms with E-state index >= 15 is 0 Å². The van der Waals surface area contributed by atoms with Crippen molar-refractivity contribution in [3.8, 4) is 0 Å². The summed E-state index contributed by atoms with van der Waals surface area (Å²) >= 11 is 0. The molecule has 2 nitrogen and oxygen atoms in total. The third-order valence-electron chi connectivity index (χ3n) is 3.15. The minimum atomic E-state index is 0.0634. The molecule has 16 heavy (non-hydrogen) atoms. The summed E-state index contributed by atoms with van der Waals surface area (Å²) in [4.78, 5) is 2.50. The zero-order valence-corrected chi connectivity index (χ0v) is 12.1. The zero-order valence-electron chi connectivity index (χ0n) is 12.1. The molecule has 0 saturated carbocycles. The Balaban J connectivity index is 4.45. The number of aliphatic hydroxyl groups excluding tert-OH is 1. The predicted octanol–water partition coefficient (Wildman–Crippen LogP) is 3.15. The lowest BCUT2D eigenvalue weighted by atomic mass is 9.85. The van der Waals surface area contributed by atoms with E-state index < -0.39 is 0 Å². The molecule has 0 rings (SSSR count). The van der Waals surface area contributed by atoms with E-state index in [0.717, 1.165) is 25.9 Å². The van der Waals surface area contributed by atoms with Crippen LogP contribution in [0, 0.1) is 11.3 Å². The lowest BCUT2D eigenvalue weighted by Gasteiger charge is -2.37. The quantitative estimate of drug-likeness (QED) is 0.691. The molecule has 0 fully saturated rings. The Morgan fingerprint density at radius 2 is 1.75 bits per heavy atom. The van der Waals surface area contributed by atoms with Crippen molar-refractivity contribution < 1.29 is 5.11 Å². The van der Waals surface area contributed by atoms with E-state index in [2.05, 4.69) is 46.4 Å². The average molecular weight is 229 g/mol. The number of nitrogens with zero attached hydrogens (tertiary/aromatic N) is 1. The Morgan fingerprint density at radius 3 is 2.06 bits per heavy atom. The first-order chi connectivity index (χ1) is 7.34. The molecular formula is C14H31NO. The molecule has 0 aliphatic rings. The monoisotopic (exact) mass is 229 g/mol. The summed E-state index contributed by atoms with van der Waals surface area (Å²) in [7, 11) is 0. The van der Waals surface area contributed by atoms with Gasteiger partial charge in [-0.05, 0) is 26.2 Å². The van der Waals surface area contributed by atoms with Crippen molar-refractivity contribution in [3.05, 3.63) is 0 Å². The first-order valence-corrected chi connectivity index (χ1v) is 6.69. The highest BCUT2D eigenvalue weighted by Crippen LogP contribution is 2.25. The van der Waals surface area contributed by atoms with Gasteiger partial charge in [0.25, 0.3) is 0 Å². The molecule has 0 saturated heterocycles. The molecule has 1 atom stereocenters. The third kappa shape index (κ3) is 5.86. The fraction of sp³-hybridized carbons (Fsp3) is 1.00. The SMILES string of the molecule is CCCC(C)(CO)CN(CC(C)C)C(C)C. The fourth-order valence-corrected chi connectivity index (χ4v) is 2.23. The number of aliphatic hydroxyl groups is 1. The Bertz CT molecular complexity index is 180. The van der Waals surface area contributed by atoms with E-state index in [9.17, 15) is 5.11 Å². The van der Waals surface area contributed by atoms with E-state index in [1.165, 1.54) is 0 Å². The lowest BCUT2D eigenvalue weighted by Crippen LogP contribution is -2.43. The van der Waals surface area contributed by atoms with Crippen molar-refractivity contribution in [1.82, 2.24) is 4.90 Å². The molecule has 0 aliphatic heterocycles. The smallest absolute Gasteiger partial charge is 0.0497 e. The molecule has 2 heteroatoms. The van der Waals surface area contributed by atoms with Crippen LogP contribution >= 0.6 is 0 Å². The van der Waals surface area contributed by atoms with Crippen LogP contribution in [0.3, 0.4) is 0 Å². The van der Waals surface area contributed by atoms with Crippen LogP contribution in [0.1, 0.15) is 54.4 Å². The first-order valence-electron chi connectivity index (χ1n) is 6.69. The van der Waals surface area contributed by atoms with Gasteiger partial charge in [-0.3, -0.25) is 0 Å². The van der Waals surface area contributed by atoms with Gasteiger partial charge in [-0.1, -0.05) is 34.1 Å². The normalized spacial score (nSPS) is 16.1. The second kappa shape index (κ2) is 7.29. The van der Waals surface area contributed by atoms with E-state index in [0.29, 0.717) is 18.6 Å². The fourth-order valence-electron chi connectivity index (χ4n) is 2.23. The van der Waals surface area contributed by atoms with Crippen LogP contribution in [0.25, 0.3) is 0 Å². The van der Waals surface area contributed by atoms with Crippen molar-refractivity contribution in [3.63, 3.8) is 0 Å². The Kier molecular flexibility index (Phi) is 7.25. The highest BCUT2D eigenvalue weighted by Gasteiger charge is 2.26. The topological polar surface area (TPSA) is 23.5 Å². The first kappa shape index (κ1) is 15.9. The Morgan fingerprint density at radius 1 is 1.19 bits per heavy atom. The van der Waals surface area contributed by atoms with Crippen LogP contribution in [-0.4, -0.2) is 35.7 Å². The number of hydrogen-bond donors (Lipinski definition) is 1. The van der Waals surface area contributed by atoms with Gasteiger partial charge in [-0.2, -0.15) is 0 Å². The second-order valence-electron chi connectivity index (χ2n) is 6.14. The number of hydrogen-bond acceptors (Lipinski definition) is 2. The van der Waals surface area contributed by atoms with Gasteiger partial charge in [0, 0.05) is 31.2 Å². The predicted molar refractivity (Wildman–Crippen MR) is 71.6 cm³/mol. The summed E-state index contributed by atoms with van der Waals surface area (Å²) in [6.07, 6.45) is 2.25. The summed E-state index contributed by atoms with van der Waals surface area (Å²) in [6, 6.07) is 0.560. The molecule has 0 amide bonds. The van der Waals surface area contributed by atoms with Crippen molar-refractivity contribution in [2.45, 2.75) is 60.4 Å². The summed E-state index contributed by atoms with van der Waals surface area (Å²) in [5, 5.41) is 9.55. The van der Waals surface area contributed by atoms with Gasteiger partial charge in [-0.15, -0.1) is 0 Å². The van der Waals surface area contributed by atoms with E-state index in [4.69, 9.17) is 0 Å². The van der Waals surface area contributed by atoms with Gasteiger partial charge in [-0.25, -0.2) is 0 Å². The molecule has 0 aromatic heterocycles. The van der Waals surface area contributed by atoms with Crippen LogP contribution in [-0.2, 0) is 0 Å². The Labute approximate surface area is 102 Å². The molecule has 0 radical (unpaired) electrons. The van der Waals surface area contributed by atoms with Gasteiger partial charge in [0.2, 0.25) is 0 Å². The van der Waals surface area contributed by atoms with Gasteiger partial charge < -0.3 is 10.0 Å². The van der Waals surface area contributed by atoms with Crippen molar-refractivity contribution in [2.75, 3.05) is 19.7 Å². The molecule has 0 heterocycles. The third-order valence-corrected chi connectivity index (χ3v) is 3.15. The van der Waals surface area contributed by atoms with Crippen LogP contribution < -0.4 is 0 Å². The summed E-state index contributed by atoms with van der Waals surface area (Å²) < 4.78 is 0. The van der Waals surface area contributed by atoms with Crippen LogP contribution in [0.15, 0.2) is 0 Å². The zero-order chi connectivity index (χ0) is 12.8. The highest BCUT2D eigenvalue weighted by atomic mass is 16.3. The second-order valence-corrected chi connectivity index (χ2v) is 6.14. The molecule has 0 aromatic carbocycles.